The SMILES string of the molecule is CC1(C)CN(S(=O)(=O)N2CCCC2)CC[S@]1=O. The molecule has 0 bridgehead atoms. The van der Waals surface area contributed by atoms with Gasteiger partial charge in [0.05, 0.1) is 4.75 Å². The van der Waals surface area contributed by atoms with Crippen LogP contribution in [0.2, 0.25) is 0 Å². The van der Waals surface area contributed by atoms with Crippen molar-refractivity contribution in [1.82, 2.24) is 8.61 Å². The van der Waals surface area contributed by atoms with Gasteiger partial charge in [0.15, 0.2) is 0 Å². The lowest BCUT2D eigenvalue weighted by Crippen LogP contribution is -2.55. The van der Waals surface area contributed by atoms with E-state index in [-0.39, 0.29) is 0 Å². The minimum absolute atomic E-state index is 0.360. The third kappa shape index (κ3) is 2.57. The summed E-state index contributed by atoms with van der Waals surface area (Å²) >= 11 is 0. The number of hydrogen-bond acceptors (Lipinski definition) is 3. The van der Waals surface area contributed by atoms with Crippen molar-refractivity contribution in [3.05, 3.63) is 0 Å². The molecule has 0 aromatic heterocycles. The molecule has 0 radical (unpaired) electrons. The minimum Gasteiger partial charge on any atom is -0.259 e. The fourth-order valence-electron chi connectivity index (χ4n) is 2.32. The first kappa shape index (κ1) is 13.5. The second kappa shape index (κ2) is 4.60. The zero-order valence-electron chi connectivity index (χ0n) is 10.4. The van der Waals surface area contributed by atoms with Crippen LogP contribution in [0.4, 0.5) is 0 Å². The van der Waals surface area contributed by atoms with Gasteiger partial charge < -0.3 is 0 Å². The van der Waals surface area contributed by atoms with Crippen LogP contribution in [0.5, 0.6) is 0 Å². The minimum atomic E-state index is -3.32. The Morgan fingerprint density at radius 3 is 2.18 bits per heavy atom. The molecule has 100 valence electrons. The van der Waals surface area contributed by atoms with E-state index in [1.54, 1.807) is 4.31 Å². The summed E-state index contributed by atoms with van der Waals surface area (Å²) in [5.74, 6) is 0.445. The predicted octanol–water partition coefficient (Wildman–Crippen LogP) is 0.170. The highest BCUT2D eigenvalue weighted by molar-refractivity contribution is 7.88. The van der Waals surface area contributed by atoms with Crippen LogP contribution in [0, 0.1) is 0 Å². The molecule has 1 atom stereocenters. The molecular formula is C10H20N2O3S2. The maximum atomic E-state index is 12.3. The summed E-state index contributed by atoms with van der Waals surface area (Å²) in [6.45, 7) is 5.74. The first-order valence-corrected chi connectivity index (χ1v) is 8.69. The Morgan fingerprint density at radius 1 is 1.06 bits per heavy atom. The van der Waals surface area contributed by atoms with Crippen LogP contribution in [0.3, 0.4) is 0 Å². The van der Waals surface area contributed by atoms with E-state index in [1.165, 1.54) is 4.31 Å². The van der Waals surface area contributed by atoms with Crippen molar-refractivity contribution in [2.24, 2.45) is 0 Å². The van der Waals surface area contributed by atoms with Gasteiger partial charge in [-0.05, 0) is 26.7 Å². The molecule has 17 heavy (non-hydrogen) atoms. The lowest BCUT2D eigenvalue weighted by Gasteiger charge is -2.37. The van der Waals surface area contributed by atoms with Crippen LogP contribution in [-0.2, 0) is 21.0 Å². The summed E-state index contributed by atoms with van der Waals surface area (Å²) in [7, 11) is -4.26. The molecule has 0 unspecified atom stereocenters. The van der Waals surface area contributed by atoms with Gasteiger partial charge in [-0.1, -0.05) is 0 Å². The van der Waals surface area contributed by atoms with E-state index in [4.69, 9.17) is 0 Å². The normalized spacial score (nSPS) is 31.8. The van der Waals surface area contributed by atoms with Crippen molar-refractivity contribution < 1.29 is 12.6 Å². The van der Waals surface area contributed by atoms with Crippen molar-refractivity contribution in [3.63, 3.8) is 0 Å². The third-order valence-electron chi connectivity index (χ3n) is 3.42. The molecule has 0 aliphatic carbocycles. The Kier molecular flexibility index (Phi) is 3.64. The van der Waals surface area contributed by atoms with Gasteiger partial charge in [-0.2, -0.15) is 17.0 Å². The van der Waals surface area contributed by atoms with E-state index in [0.717, 1.165) is 12.8 Å². The van der Waals surface area contributed by atoms with E-state index in [2.05, 4.69) is 0 Å². The quantitative estimate of drug-likeness (QED) is 0.724. The van der Waals surface area contributed by atoms with E-state index < -0.39 is 25.8 Å². The van der Waals surface area contributed by atoms with Gasteiger partial charge in [0, 0.05) is 42.7 Å². The molecule has 2 rings (SSSR count). The lowest BCUT2D eigenvalue weighted by molar-refractivity contribution is 0.340. The Balaban J connectivity index is 2.15. The average molecular weight is 280 g/mol. The van der Waals surface area contributed by atoms with Crippen LogP contribution in [-0.4, -0.2) is 57.9 Å². The zero-order chi connectivity index (χ0) is 12.7. The largest absolute Gasteiger partial charge is 0.282 e. The van der Waals surface area contributed by atoms with Crippen LogP contribution in [0.25, 0.3) is 0 Å². The van der Waals surface area contributed by atoms with Gasteiger partial charge in [0.1, 0.15) is 0 Å². The molecule has 0 aromatic rings. The molecule has 0 spiro atoms. The van der Waals surface area contributed by atoms with Crippen molar-refractivity contribution >= 4 is 21.0 Å². The molecule has 2 saturated heterocycles. The van der Waals surface area contributed by atoms with E-state index in [0.29, 0.717) is 31.9 Å². The molecular weight excluding hydrogens is 260 g/mol. The predicted molar refractivity (Wildman–Crippen MR) is 68.4 cm³/mol. The fourth-order valence-corrected chi connectivity index (χ4v) is 5.61. The van der Waals surface area contributed by atoms with Crippen molar-refractivity contribution in [1.29, 1.82) is 0 Å². The third-order valence-corrected chi connectivity index (χ3v) is 7.31. The number of nitrogens with zero attached hydrogens (tertiary/aromatic N) is 2. The van der Waals surface area contributed by atoms with Gasteiger partial charge in [0.25, 0.3) is 10.2 Å². The monoisotopic (exact) mass is 280 g/mol. The summed E-state index contributed by atoms with van der Waals surface area (Å²) in [6.07, 6.45) is 1.89. The Labute approximate surface area is 106 Å². The van der Waals surface area contributed by atoms with Crippen molar-refractivity contribution in [3.8, 4) is 0 Å². The van der Waals surface area contributed by atoms with Crippen LogP contribution >= 0.6 is 0 Å². The molecule has 2 aliphatic rings. The van der Waals surface area contributed by atoms with E-state index in [1.807, 2.05) is 13.8 Å². The van der Waals surface area contributed by atoms with Crippen LogP contribution in [0.15, 0.2) is 0 Å². The number of rotatable bonds is 2. The second-order valence-corrected chi connectivity index (χ2v) is 9.39. The maximum Gasteiger partial charge on any atom is 0.282 e. The molecule has 0 saturated carbocycles. The highest BCUT2D eigenvalue weighted by atomic mass is 32.2. The van der Waals surface area contributed by atoms with Crippen LogP contribution in [0.1, 0.15) is 26.7 Å². The summed E-state index contributed by atoms with van der Waals surface area (Å²) in [5, 5.41) is 0. The Bertz CT molecular complexity index is 413. The topological polar surface area (TPSA) is 57.7 Å². The van der Waals surface area contributed by atoms with E-state index >= 15 is 0 Å². The fraction of sp³-hybridized carbons (Fsp3) is 1.00. The maximum absolute atomic E-state index is 12.3. The molecule has 0 aromatic carbocycles. The highest BCUT2D eigenvalue weighted by Gasteiger charge is 2.40. The van der Waals surface area contributed by atoms with Crippen molar-refractivity contribution in [2.75, 3.05) is 31.9 Å². The summed E-state index contributed by atoms with van der Waals surface area (Å²) in [5.41, 5.74) is 0. The first-order chi connectivity index (χ1) is 7.84. The van der Waals surface area contributed by atoms with Crippen molar-refractivity contribution in [2.45, 2.75) is 31.4 Å². The molecule has 2 aliphatic heterocycles. The average Bonchev–Trinajstić information content (AvgIpc) is 2.75. The van der Waals surface area contributed by atoms with Gasteiger partial charge >= 0.3 is 0 Å². The van der Waals surface area contributed by atoms with Gasteiger partial charge in [-0.3, -0.25) is 4.21 Å². The summed E-state index contributed by atoms with van der Waals surface area (Å²) in [4.78, 5) is 0. The molecule has 5 nitrogen and oxygen atoms in total. The van der Waals surface area contributed by atoms with E-state index in [9.17, 15) is 12.6 Å². The molecule has 0 N–H and O–H groups in total. The number of hydrogen-bond donors (Lipinski definition) is 0. The Morgan fingerprint density at radius 2 is 1.65 bits per heavy atom. The van der Waals surface area contributed by atoms with Gasteiger partial charge in [0.2, 0.25) is 0 Å². The molecule has 2 fully saturated rings. The highest BCUT2D eigenvalue weighted by Crippen LogP contribution is 2.25. The zero-order valence-corrected chi connectivity index (χ0v) is 12.0. The molecule has 7 heteroatoms. The van der Waals surface area contributed by atoms with Gasteiger partial charge in [-0.25, -0.2) is 0 Å². The molecule has 0 amide bonds. The summed E-state index contributed by atoms with van der Waals surface area (Å²) < 4.78 is 39.1. The summed E-state index contributed by atoms with van der Waals surface area (Å²) in [6, 6.07) is 0. The lowest BCUT2D eigenvalue weighted by atomic mass is 10.2. The smallest absolute Gasteiger partial charge is 0.259 e. The second-order valence-electron chi connectivity index (χ2n) is 5.26. The first-order valence-electron chi connectivity index (χ1n) is 5.98. The molecule has 2 heterocycles. The Hall–Kier alpha value is 0.0200. The standard InChI is InChI=1S/C10H20N2O3S2/c1-10(2)9-12(7-8-16(10)13)17(14,15)11-5-3-4-6-11/h3-9H2,1-2H3/t16-/m1/s1. The van der Waals surface area contributed by atoms with Crippen LogP contribution < -0.4 is 0 Å². The van der Waals surface area contributed by atoms with Gasteiger partial charge in [-0.15, -0.1) is 0 Å².